The SMILES string of the molecule is CCc1ccc(C(C)NC(C)c2ccc(Cl)c(Cl)c2)cc1. The summed E-state index contributed by atoms with van der Waals surface area (Å²) in [6, 6.07) is 15.0. The first-order valence-corrected chi connectivity index (χ1v) is 8.06. The van der Waals surface area contributed by atoms with Crippen LogP contribution in [0.5, 0.6) is 0 Å². The Bertz CT molecular complexity index is 593. The Kier molecular flexibility index (Phi) is 5.69. The highest BCUT2D eigenvalue weighted by Gasteiger charge is 2.12. The van der Waals surface area contributed by atoms with Gasteiger partial charge in [-0.15, -0.1) is 0 Å². The molecule has 0 spiro atoms. The Morgan fingerprint density at radius 3 is 2.00 bits per heavy atom. The van der Waals surface area contributed by atoms with Crippen LogP contribution in [0.25, 0.3) is 0 Å². The maximum absolute atomic E-state index is 6.09. The summed E-state index contributed by atoms with van der Waals surface area (Å²) in [4.78, 5) is 0. The molecule has 2 aromatic rings. The van der Waals surface area contributed by atoms with Gasteiger partial charge in [0.2, 0.25) is 0 Å². The topological polar surface area (TPSA) is 12.0 Å². The zero-order chi connectivity index (χ0) is 15.4. The first kappa shape index (κ1) is 16.4. The number of hydrogen-bond donors (Lipinski definition) is 1. The van der Waals surface area contributed by atoms with Crippen LogP contribution in [0.3, 0.4) is 0 Å². The smallest absolute Gasteiger partial charge is 0.0595 e. The zero-order valence-electron chi connectivity index (χ0n) is 12.7. The highest BCUT2D eigenvalue weighted by molar-refractivity contribution is 6.42. The van der Waals surface area contributed by atoms with Gasteiger partial charge in [0.1, 0.15) is 0 Å². The summed E-state index contributed by atoms with van der Waals surface area (Å²) >= 11 is 12.0. The Morgan fingerprint density at radius 2 is 1.43 bits per heavy atom. The maximum atomic E-state index is 6.09. The van der Waals surface area contributed by atoms with Crippen molar-refractivity contribution in [1.29, 1.82) is 0 Å². The molecule has 0 amide bonds. The second kappa shape index (κ2) is 7.31. The Labute approximate surface area is 137 Å². The average molecular weight is 322 g/mol. The highest BCUT2D eigenvalue weighted by Crippen LogP contribution is 2.27. The lowest BCUT2D eigenvalue weighted by Gasteiger charge is -2.21. The van der Waals surface area contributed by atoms with Crippen LogP contribution in [0.1, 0.15) is 49.5 Å². The summed E-state index contributed by atoms with van der Waals surface area (Å²) in [5.74, 6) is 0. The largest absolute Gasteiger partial charge is 0.304 e. The lowest BCUT2D eigenvalue weighted by atomic mass is 10.0. The molecule has 0 bridgehead atoms. The molecular weight excluding hydrogens is 301 g/mol. The number of hydrogen-bond acceptors (Lipinski definition) is 1. The van der Waals surface area contributed by atoms with Crippen molar-refractivity contribution in [3.8, 4) is 0 Å². The predicted octanol–water partition coefficient (Wildman–Crippen LogP) is 5.97. The van der Waals surface area contributed by atoms with E-state index in [4.69, 9.17) is 23.2 Å². The van der Waals surface area contributed by atoms with Crippen molar-refractivity contribution in [2.45, 2.75) is 39.3 Å². The van der Waals surface area contributed by atoms with E-state index in [0.717, 1.165) is 12.0 Å². The van der Waals surface area contributed by atoms with E-state index in [1.54, 1.807) is 0 Å². The van der Waals surface area contributed by atoms with Gasteiger partial charge in [-0.1, -0.05) is 60.5 Å². The van der Waals surface area contributed by atoms with Crippen LogP contribution in [0, 0.1) is 0 Å². The molecule has 3 heteroatoms. The molecule has 1 N–H and O–H groups in total. The molecule has 2 atom stereocenters. The number of benzene rings is 2. The number of rotatable bonds is 5. The molecule has 0 radical (unpaired) electrons. The Morgan fingerprint density at radius 1 is 0.857 bits per heavy atom. The van der Waals surface area contributed by atoms with Crippen molar-refractivity contribution in [3.05, 3.63) is 69.2 Å². The lowest BCUT2D eigenvalue weighted by molar-refractivity contribution is 0.494. The summed E-state index contributed by atoms with van der Waals surface area (Å²) in [5, 5.41) is 4.79. The van der Waals surface area contributed by atoms with E-state index in [1.165, 1.54) is 11.1 Å². The molecule has 0 saturated carbocycles. The quantitative estimate of drug-likeness (QED) is 0.715. The Balaban J connectivity index is 2.06. The fourth-order valence-electron chi connectivity index (χ4n) is 2.39. The molecular formula is C18H21Cl2N. The fourth-order valence-corrected chi connectivity index (χ4v) is 2.70. The van der Waals surface area contributed by atoms with E-state index in [0.29, 0.717) is 10.0 Å². The van der Waals surface area contributed by atoms with E-state index in [-0.39, 0.29) is 12.1 Å². The van der Waals surface area contributed by atoms with Crippen LogP contribution in [-0.4, -0.2) is 0 Å². The van der Waals surface area contributed by atoms with Crippen molar-refractivity contribution in [3.63, 3.8) is 0 Å². The predicted molar refractivity (Wildman–Crippen MR) is 92.2 cm³/mol. The number of aryl methyl sites for hydroxylation is 1. The van der Waals surface area contributed by atoms with Gasteiger partial charge in [-0.3, -0.25) is 0 Å². The van der Waals surface area contributed by atoms with Gasteiger partial charge < -0.3 is 5.32 Å². The van der Waals surface area contributed by atoms with Gasteiger partial charge in [0.05, 0.1) is 10.0 Å². The van der Waals surface area contributed by atoms with Gasteiger partial charge >= 0.3 is 0 Å². The molecule has 0 aliphatic carbocycles. The summed E-state index contributed by atoms with van der Waals surface area (Å²) in [7, 11) is 0. The second-order valence-corrected chi connectivity index (χ2v) is 6.19. The highest BCUT2D eigenvalue weighted by atomic mass is 35.5. The molecule has 2 aromatic carbocycles. The number of nitrogens with one attached hydrogen (secondary N) is 1. The number of halogens is 2. The lowest BCUT2D eigenvalue weighted by Crippen LogP contribution is -2.22. The van der Waals surface area contributed by atoms with E-state index in [1.807, 2.05) is 18.2 Å². The molecule has 0 saturated heterocycles. The van der Waals surface area contributed by atoms with E-state index in [2.05, 4.69) is 50.4 Å². The minimum absolute atomic E-state index is 0.209. The monoisotopic (exact) mass is 321 g/mol. The van der Waals surface area contributed by atoms with Gasteiger partial charge in [0, 0.05) is 12.1 Å². The van der Waals surface area contributed by atoms with E-state index >= 15 is 0 Å². The van der Waals surface area contributed by atoms with Crippen molar-refractivity contribution in [1.82, 2.24) is 5.32 Å². The summed E-state index contributed by atoms with van der Waals surface area (Å²) < 4.78 is 0. The Hall–Kier alpha value is -1.02. The van der Waals surface area contributed by atoms with Crippen molar-refractivity contribution in [2.75, 3.05) is 0 Å². The summed E-state index contributed by atoms with van der Waals surface area (Å²) in [6.45, 7) is 6.48. The molecule has 2 unspecified atom stereocenters. The zero-order valence-corrected chi connectivity index (χ0v) is 14.2. The van der Waals surface area contributed by atoms with E-state index < -0.39 is 0 Å². The van der Waals surface area contributed by atoms with Gasteiger partial charge in [-0.25, -0.2) is 0 Å². The third-order valence-corrected chi connectivity index (χ3v) is 4.57. The van der Waals surface area contributed by atoms with Crippen LogP contribution >= 0.6 is 23.2 Å². The third-order valence-electron chi connectivity index (χ3n) is 3.83. The first-order valence-electron chi connectivity index (χ1n) is 7.31. The molecule has 0 aliphatic heterocycles. The molecule has 0 heterocycles. The fraction of sp³-hybridized carbons (Fsp3) is 0.333. The molecule has 21 heavy (non-hydrogen) atoms. The normalized spacial score (nSPS) is 14.0. The van der Waals surface area contributed by atoms with Crippen LogP contribution in [0.4, 0.5) is 0 Å². The summed E-state index contributed by atoms with van der Waals surface area (Å²) in [6.07, 6.45) is 1.07. The molecule has 1 nitrogen and oxygen atoms in total. The molecule has 0 fully saturated rings. The van der Waals surface area contributed by atoms with Gasteiger partial charge in [-0.05, 0) is 49.1 Å². The van der Waals surface area contributed by atoms with Gasteiger partial charge in [0.25, 0.3) is 0 Å². The van der Waals surface area contributed by atoms with Crippen LogP contribution in [0.2, 0.25) is 10.0 Å². The van der Waals surface area contributed by atoms with Crippen LogP contribution in [0.15, 0.2) is 42.5 Å². The van der Waals surface area contributed by atoms with Crippen molar-refractivity contribution < 1.29 is 0 Å². The van der Waals surface area contributed by atoms with E-state index in [9.17, 15) is 0 Å². The first-order chi connectivity index (χ1) is 10.0. The minimum Gasteiger partial charge on any atom is -0.304 e. The second-order valence-electron chi connectivity index (χ2n) is 5.38. The van der Waals surface area contributed by atoms with Crippen molar-refractivity contribution in [2.24, 2.45) is 0 Å². The average Bonchev–Trinajstić information content (AvgIpc) is 2.50. The maximum Gasteiger partial charge on any atom is 0.0595 e. The summed E-state index contributed by atoms with van der Waals surface area (Å²) in [5.41, 5.74) is 3.80. The van der Waals surface area contributed by atoms with Crippen LogP contribution < -0.4 is 5.32 Å². The standard InChI is InChI=1S/C18H21Cl2N/c1-4-14-5-7-15(8-6-14)12(2)21-13(3)16-9-10-17(19)18(20)11-16/h5-13,21H,4H2,1-3H3. The molecule has 0 aliphatic rings. The third kappa shape index (κ3) is 4.23. The minimum atomic E-state index is 0.209. The van der Waals surface area contributed by atoms with Gasteiger partial charge in [0.15, 0.2) is 0 Å². The molecule has 0 aromatic heterocycles. The molecule has 112 valence electrons. The van der Waals surface area contributed by atoms with Gasteiger partial charge in [-0.2, -0.15) is 0 Å². The van der Waals surface area contributed by atoms with Crippen LogP contribution in [-0.2, 0) is 6.42 Å². The van der Waals surface area contributed by atoms with Crippen molar-refractivity contribution >= 4 is 23.2 Å². The molecule has 2 rings (SSSR count).